The largest absolute Gasteiger partial charge is 0.381 e. The predicted molar refractivity (Wildman–Crippen MR) is 116 cm³/mol. The number of nitrogens with two attached hydrogens (primary N) is 1. The molecule has 1 saturated heterocycles. The van der Waals surface area contributed by atoms with Crippen molar-refractivity contribution in [3.8, 4) is 11.3 Å². The lowest BCUT2D eigenvalue weighted by Crippen LogP contribution is -2.18. The summed E-state index contributed by atoms with van der Waals surface area (Å²) in [5.74, 6) is -1.18. The first-order valence-corrected chi connectivity index (χ1v) is 11.2. The summed E-state index contributed by atoms with van der Waals surface area (Å²) in [5, 5.41) is 6.62. The highest BCUT2D eigenvalue weighted by molar-refractivity contribution is 7.97. The van der Waals surface area contributed by atoms with Crippen LogP contribution in [-0.4, -0.2) is 23.4 Å². The van der Waals surface area contributed by atoms with Gasteiger partial charge in [-0.25, -0.2) is 13.2 Å². The summed E-state index contributed by atoms with van der Waals surface area (Å²) in [6.07, 6.45) is 5.40. The monoisotopic (exact) mass is 434 g/mol. The van der Waals surface area contributed by atoms with E-state index >= 15 is 0 Å². The van der Waals surface area contributed by atoms with Crippen molar-refractivity contribution < 1.29 is 17.9 Å². The zero-order valence-corrected chi connectivity index (χ0v) is 17.4. The summed E-state index contributed by atoms with van der Waals surface area (Å²) in [7, 11) is 0. The lowest BCUT2D eigenvalue weighted by atomic mass is 9.78. The highest BCUT2D eigenvalue weighted by atomic mass is 32.2. The van der Waals surface area contributed by atoms with Gasteiger partial charge in [-0.3, -0.25) is 5.14 Å². The fourth-order valence-electron chi connectivity index (χ4n) is 4.02. The Morgan fingerprint density at radius 2 is 1.63 bits per heavy atom. The van der Waals surface area contributed by atoms with Crippen molar-refractivity contribution in [2.75, 3.05) is 13.2 Å². The van der Waals surface area contributed by atoms with Gasteiger partial charge in [0.2, 0.25) is 0 Å². The smallest absolute Gasteiger partial charge is 0.150 e. The summed E-state index contributed by atoms with van der Waals surface area (Å²) in [4.78, 5) is 3.08. The maximum atomic E-state index is 14.1. The molecule has 7 heteroatoms. The number of hydrogen-bond donors (Lipinski definition) is 2. The molecule has 30 heavy (non-hydrogen) atoms. The summed E-state index contributed by atoms with van der Waals surface area (Å²) in [6.45, 7) is 1.80. The van der Waals surface area contributed by atoms with Gasteiger partial charge >= 0.3 is 0 Å². The predicted octanol–water partition coefficient (Wildman–Crippen LogP) is 6.29. The number of ether oxygens (including phenoxy) is 1. The number of fused-ring (bicyclic) bond motifs is 1. The molecule has 5 rings (SSSR count). The summed E-state index contributed by atoms with van der Waals surface area (Å²) < 4.78 is 46.0. The van der Waals surface area contributed by atoms with E-state index in [0.717, 1.165) is 68.2 Å². The van der Waals surface area contributed by atoms with Crippen LogP contribution >= 0.6 is 11.9 Å². The second kappa shape index (κ2) is 9.45. The fourth-order valence-corrected chi connectivity index (χ4v) is 4.48. The summed E-state index contributed by atoms with van der Waals surface area (Å²) in [6, 6.07) is 8.35. The van der Waals surface area contributed by atoms with Crippen molar-refractivity contribution in [2.45, 2.75) is 43.3 Å². The van der Waals surface area contributed by atoms with Gasteiger partial charge < -0.3 is 9.72 Å². The van der Waals surface area contributed by atoms with Crippen molar-refractivity contribution in [1.82, 2.24) is 4.98 Å². The zero-order valence-electron chi connectivity index (χ0n) is 16.6. The molecular weight excluding hydrogens is 409 g/mol. The second-order valence-electron chi connectivity index (χ2n) is 7.81. The van der Waals surface area contributed by atoms with Crippen LogP contribution in [0.1, 0.15) is 43.6 Å². The molecule has 0 radical (unpaired) electrons. The normalized spacial score (nSPS) is 17.5. The van der Waals surface area contributed by atoms with Crippen LogP contribution in [0.3, 0.4) is 0 Å². The molecule has 0 bridgehead atoms. The van der Waals surface area contributed by atoms with E-state index in [9.17, 15) is 13.2 Å². The second-order valence-corrected chi connectivity index (χ2v) is 8.75. The number of halogens is 3. The molecule has 1 aliphatic heterocycles. The maximum absolute atomic E-state index is 14.1. The van der Waals surface area contributed by atoms with Gasteiger partial charge in [-0.15, -0.1) is 0 Å². The van der Waals surface area contributed by atoms with Crippen molar-refractivity contribution >= 4 is 22.9 Å². The van der Waals surface area contributed by atoms with Crippen LogP contribution < -0.4 is 5.14 Å². The third-order valence-electron chi connectivity index (χ3n) is 5.87. The van der Waals surface area contributed by atoms with E-state index < -0.39 is 11.6 Å². The quantitative estimate of drug-likeness (QED) is 0.476. The number of rotatable bonds is 3. The van der Waals surface area contributed by atoms with Crippen molar-refractivity contribution in [2.24, 2.45) is 5.14 Å². The number of aromatic amines is 1. The first-order chi connectivity index (χ1) is 14.6. The van der Waals surface area contributed by atoms with Gasteiger partial charge in [-0.05, 0) is 73.1 Å². The van der Waals surface area contributed by atoms with Crippen LogP contribution in [0.15, 0.2) is 36.4 Å². The Hall–Kier alpha value is -1.96. The Balaban J connectivity index is 0.000000230. The molecule has 3 N–H and O–H groups in total. The molecule has 1 aliphatic carbocycles. The van der Waals surface area contributed by atoms with Gasteiger partial charge in [0, 0.05) is 29.9 Å². The fraction of sp³-hybridized carbons (Fsp3) is 0.391. The topological polar surface area (TPSA) is 51.0 Å². The molecule has 0 atom stereocenters. The molecule has 2 heterocycles. The molecule has 0 unspecified atom stereocenters. The van der Waals surface area contributed by atoms with Crippen molar-refractivity contribution in [1.29, 1.82) is 0 Å². The Kier molecular flexibility index (Phi) is 6.71. The van der Waals surface area contributed by atoms with Crippen LogP contribution in [0.4, 0.5) is 13.2 Å². The lowest BCUT2D eigenvalue weighted by molar-refractivity contribution is 0.100. The molecule has 2 aliphatic rings. The number of aromatic nitrogens is 1. The Labute approximate surface area is 178 Å². The summed E-state index contributed by atoms with van der Waals surface area (Å²) in [5.41, 5.74) is 2.83. The van der Waals surface area contributed by atoms with Crippen LogP contribution in [0.25, 0.3) is 22.2 Å². The molecule has 3 aromatic rings. The molecule has 2 aromatic carbocycles. The molecule has 1 saturated carbocycles. The average Bonchev–Trinajstić information content (AvgIpc) is 3.08. The average molecular weight is 435 g/mol. The number of H-pyrrole nitrogens is 1. The maximum Gasteiger partial charge on any atom is 0.150 e. The third-order valence-corrected chi connectivity index (χ3v) is 6.73. The molecular formula is C23H25F3N2OS. The molecule has 1 aromatic heterocycles. The minimum Gasteiger partial charge on any atom is -0.381 e. The van der Waals surface area contributed by atoms with Crippen molar-refractivity contribution in [3.63, 3.8) is 0 Å². The van der Waals surface area contributed by atoms with Crippen LogP contribution in [0.2, 0.25) is 0 Å². The Morgan fingerprint density at radius 1 is 0.933 bits per heavy atom. The molecule has 0 amide bonds. The molecule has 2 fully saturated rings. The number of nitrogens with one attached hydrogen (secondary N) is 1. The first kappa shape index (κ1) is 21.3. The highest BCUT2D eigenvalue weighted by Gasteiger charge is 2.27. The first-order valence-electron chi connectivity index (χ1n) is 10.3. The molecule has 3 nitrogen and oxygen atoms in total. The van der Waals surface area contributed by atoms with E-state index in [1.807, 2.05) is 0 Å². The van der Waals surface area contributed by atoms with Gasteiger partial charge in [0.1, 0.15) is 17.5 Å². The van der Waals surface area contributed by atoms with E-state index in [2.05, 4.69) is 4.98 Å². The Bertz CT molecular complexity index is 996. The summed E-state index contributed by atoms with van der Waals surface area (Å²) >= 11 is 1.47. The standard InChI is InChI=1S/C18H14F3N.C5H11NOS/c19-12-6-4-11(5-7-12)17-16(10-2-1-3-10)14-8-13(20)9-15(21)18(14)22-17;6-8-5-1-3-7-4-2-5/h4-10,22H,1-3H2;5H,1-4,6H2. The van der Waals surface area contributed by atoms with E-state index in [-0.39, 0.29) is 5.82 Å². The molecule has 160 valence electrons. The van der Waals surface area contributed by atoms with Crippen molar-refractivity contribution in [3.05, 3.63) is 59.4 Å². The van der Waals surface area contributed by atoms with E-state index in [1.54, 1.807) is 12.1 Å². The Morgan fingerprint density at radius 3 is 2.20 bits per heavy atom. The van der Waals surface area contributed by atoms with E-state index in [4.69, 9.17) is 9.88 Å². The number of benzene rings is 2. The minimum atomic E-state index is -0.594. The van der Waals surface area contributed by atoms with E-state index in [0.29, 0.717) is 22.1 Å². The third kappa shape index (κ3) is 4.53. The van der Waals surface area contributed by atoms with Gasteiger partial charge in [0.25, 0.3) is 0 Å². The highest BCUT2D eigenvalue weighted by Crippen LogP contribution is 2.45. The van der Waals surface area contributed by atoms with Crippen LogP contribution in [0, 0.1) is 17.5 Å². The van der Waals surface area contributed by atoms with Gasteiger partial charge in [0.15, 0.2) is 0 Å². The van der Waals surface area contributed by atoms with E-state index in [1.165, 1.54) is 30.1 Å². The van der Waals surface area contributed by atoms with Gasteiger partial charge in [-0.1, -0.05) is 18.4 Å². The SMILES string of the molecule is Fc1ccc(-c2[nH]c3c(F)cc(F)cc3c2C2CCC2)cc1.NSC1CCOCC1. The van der Waals surface area contributed by atoms with Gasteiger partial charge in [-0.2, -0.15) is 0 Å². The van der Waals surface area contributed by atoms with Gasteiger partial charge in [0.05, 0.1) is 11.2 Å². The molecule has 0 spiro atoms. The number of hydrogen-bond acceptors (Lipinski definition) is 3. The van der Waals surface area contributed by atoms with Crippen LogP contribution in [0.5, 0.6) is 0 Å². The zero-order chi connectivity index (χ0) is 21.1. The minimum absolute atomic E-state index is 0.301. The van der Waals surface area contributed by atoms with Crippen LogP contribution in [-0.2, 0) is 4.74 Å². The lowest BCUT2D eigenvalue weighted by Gasteiger charge is -2.26.